The van der Waals surface area contributed by atoms with Gasteiger partial charge in [0.15, 0.2) is 5.65 Å². The highest BCUT2D eigenvalue weighted by molar-refractivity contribution is 6.36. The molecule has 0 radical (unpaired) electrons. The minimum Gasteiger partial charge on any atom is -0.496 e. The van der Waals surface area contributed by atoms with Crippen LogP contribution in [0.15, 0.2) is 54.9 Å². The lowest BCUT2D eigenvalue weighted by Crippen LogP contribution is -2.07. The number of nitrogens with zero attached hydrogens (tertiary/aromatic N) is 3. The number of hydrogen-bond acceptors (Lipinski definition) is 4. The van der Waals surface area contributed by atoms with Gasteiger partial charge in [-0.1, -0.05) is 35.3 Å². The highest BCUT2D eigenvalue weighted by Crippen LogP contribution is 2.33. The molecule has 1 N–H and O–H groups in total. The second kappa shape index (κ2) is 7.66. The maximum Gasteiger partial charge on any atom is 0.170 e. The quantitative estimate of drug-likeness (QED) is 0.468. The minimum absolute atomic E-state index is 0.240. The summed E-state index contributed by atoms with van der Waals surface area (Å²) in [6.07, 6.45) is 1.59. The third-order valence-corrected chi connectivity index (χ3v) is 4.97. The number of fused-ring (bicyclic) bond motifs is 1. The molecule has 0 spiro atoms. The van der Waals surface area contributed by atoms with Crippen molar-refractivity contribution >= 4 is 34.7 Å². The number of nitrogens with one attached hydrogen (secondary N) is 1. The molecule has 0 bridgehead atoms. The van der Waals surface area contributed by atoms with Crippen molar-refractivity contribution in [1.29, 1.82) is 0 Å². The van der Waals surface area contributed by atoms with E-state index in [2.05, 4.69) is 15.5 Å². The molecule has 0 fully saturated rings. The summed E-state index contributed by atoms with van der Waals surface area (Å²) in [5, 5.41) is 12.5. The lowest BCUT2D eigenvalue weighted by Gasteiger charge is -2.14. The van der Waals surface area contributed by atoms with Crippen LogP contribution in [-0.4, -0.2) is 21.7 Å². The molecule has 8 heteroatoms. The number of hydrogen-bond donors (Lipinski definition) is 1. The molecule has 4 aromatic rings. The number of aromatic nitrogens is 3. The Hall–Kier alpha value is -2.83. The van der Waals surface area contributed by atoms with E-state index in [9.17, 15) is 4.39 Å². The summed E-state index contributed by atoms with van der Waals surface area (Å²) in [6.45, 7) is 0.240. The van der Waals surface area contributed by atoms with E-state index in [-0.39, 0.29) is 12.4 Å². The van der Waals surface area contributed by atoms with Gasteiger partial charge in [0.05, 0.1) is 12.1 Å². The van der Waals surface area contributed by atoms with Gasteiger partial charge in [-0.2, -0.15) is 0 Å². The van der Waals surface area contributed by atoms with Gasteiger partial charge in [-0.3, -0.25) is 4.40 Å². The molecular weight excluding hydrogens is 402 g/mol. The van der Waals surface area contributed by atoms with Crippen LogP contribution in [0.2, 0.25) is 10.0 Å². The molecule has 0 amide bonds. The molecule has 0 aliphatic rings. The van der Waals surface area contributed by atoms with Gasteiger partial charge in [0.1, 0.15) is 23.7 Å². The van der Waals surface area contributed by atoms with Crippen LogP contribution in [0.5, 0.6) is 5.75 Å². The number of ether oxygens (including phenoxy) is 1. The Morgan fingerprint density at radius 2 is 1.93 bits per heavy atom. The van der Waals surface area contributed by atoms with Crippen LogP contribution in [0, 0.1) is 5.82 Å². The summed E-state index contributed by atoms with van der Waals surface area (Å²) >= 11 is 12.3. The van der Waals surface area contributed by atoms with E-state index in [0.29, 0.717) is 32.8 Å². The Labute approximate surface area is 170 Å². The van der Waals surface area contributed by atoms with Crippen LogP contribution in [0.3, 0.4) is 0 Å². The second-order valence-corrected chi connectivity index (χ2v) is 6.90. The molecule has 0 atom stereocenters. The summed E-state index contributed by atoms with van der Waals surface area (Å²) in [6, 6.07) is 13.8. The molecule has 0 unspecified atom stereocenters. The van der Waals surface area contributed by atoms with Crippen LogP contribution in [-0.2, 0) is 6.54 Å². The number of anilines is 1. The summed E-state index contributed by atoms with van der Waals surface area (Å²) in [5.74, 6) is 0.854. The first-order chi connectivity index (χ1) is 13.6. The SMILES string of the molecule is COc1cccc(F)c1CNc1ccc(-c2ccc(Cl)cc2Cl)c2nncn12. The van der Waals surface area contributed by atoms with Gasteiger partial charge in [-0.15, -0.1) is 10.2 Å². The molecule has 28 heavy (non-hydrogen) atoms. The molecule has 2 aromatic heterocycles. The van der Waals surface area contributed by atoms with Gasteiger partial charge in [0.25, 0.3) is 0 Å². The number of halogens is 3. The van der Waals surface area contributed by atoms with E-state index in [1.165, 1.54) is 13.2 Å². The zero-order valence-electron chi connectivity index (χ0n) is 14.8. The smallest absolute Gasteiger partial charge is 0.170 e. The van der Waals surface area contributed by atoms with Crippen LogP contribution in [0.4, 0.5) is 10.2 Å². The van der Waals surface area contributed by atoms with Crippen molar-refractivity contribution in [2.75, 3.05) is 12.4 Å². The maximum absolute atomic E-state index is 14.2. The zero-order valence-corrected chi connectivity index (χ0v) is 16.3. The van der Waals surface area contributed by atoms with Gasteiger partial charge < -0.3 is 10.1 Å². The lowest BCUT2D eigenvalue weighted by molar-refractivity contribution is 0.405. The number of benzene rings is 2. The molecule has 0 saturated carbocycles. The van der Waals surface area contributed by atoms with Crippen LogP contribution < -0.4 is 10.1 Å². The van der Waals surface area contributed by atoms with Gasteiger partial charge in [-0.25, -0.2) is 4.39 Å². The van der Waals surface area contributed by atoms with E-state index >= 15 is 0 Å². The maximum atomic E-state index is 14.2. The third kappa shape index (κ3) is 3.37. The molecule has 5 nitrogen and oxygen atoms in total. The minimum atomic E-state index is -0.337. The Bertz CT molecular complexity index is 1160. The van der Waals surface area contributed by atoms with Crippen LogP contribution in [0.25, 0.3) is 16.8 Å². The summed E-state index contributed by atoms with van der Waals surface area (Å²) in [7, 11) is 1.51. The molecule has 2 heterocycles. The number of rotatable bonds is 5. The third-order valence-electron chi connectivity index (χ3n) is 4.42. The van der Waals surface area contributed by atoms with Crippen molar-refractivity contribution in [2.45, 2.75) is 6.54 Å². The van der Waals surface area contributed by atoms with Crippen molar-refractivity contribution in [3.63, 3.8) is 0 Å². The fourth-order valence-corrected chi connectivity index (χ4v) is 3.57. The Balaban J connectivity index is 1.70. The number of pyridine rings is 1. The van der Waals surface area contributed by atoms with Crippen molar-refractivity contribution in [2.24, 2.45) is 0 Å². The molecule has 0 aliphatic heterocycles. The second-order valence-electron chi connectivity index (χ2n) is 6.06. The van der Waals surface area contributed by atoms with E-state index in [1.807, 2.05) is 18.2 Å². The summed E-state index contributed by atoms with van der Waals surface area (Å²) < 4.78 is 21.2. The Morgan fingerprint density at radius 3 is 2.71 bits per heavy atom. The highest BCUT2D eigenvalue weighted by atomic mass is 35.5. The van der Waals surface area contributed by atoms with Crippen molar-refractivity contribution in [1.82, 2.24) is 14.6 Å². The predicted octanol–water partition coefficient (Wildman–Crippen LogP) is 5.46. The van der Waals surface area contributed by atoms with E-state index in [1.54, 1.807) is 35.0 Å². The van der Waals surface area contributed by atoms with Crippen LogP contribution in [0.1, 0.15) is 5.56 Å². The highest BCUT2D eigenvalue weighted by Gasteiger charge is 2.14. The first-order valence-electron chi connectivity index (χ1n) is 8.42. The lowest BCUT2D eigenvalue weighted by atomic mass is 10.1. The molecule has 0 aliphatic carbocycles. The van der Waals surface area contributed by atoms with Crippen molar-refractivity contribution in [3.05, 3.63) is 76.3 Å². The fourth-order valence-electron chi connectivity index (χ4n) is 3.05. The average Bonchev–Trinajstić information content (AvgIpc) is 3.17. The van der Waals surface area contributed by atoms with E-state index in [0.717, 1.165) is 11.1 Å². The first kappa shape index (κ1) is 18.5. The van der Waals surface area contributed by atoms with Gasteiger partial charge in [0.2, 0.25) is 0 Å². The predicted molar refractivity (Wildman–Crippen MR) is 109 cm³/mol. The topological polar surface area (TPSA) is 51.5 Å². The molecular formula is C20H15Cl2FN4O. The van der Waals surface area contributed by atoms with Crippen molar-refractivity contribution < 1.29 is 9.13 Å². The van der Waals surface area contributed by atoms with Crippen molar-refractivity contribution in [3.8, 4) is 16.9 Å². The normalized spacial score (nSPS) is 11.0. The molecule has 0 saturated heterocycles. The summed E-state index contributed by atoms with van der Waals surface area (Å²) in [4.78, 5) is 0. The van der Waals surface area contributed by atoms with Gasteiger partial charge in [-0.05, 0) is 36.4 Å². The molecule has 4 rings (SSSR count). The largest absolute Gasteiger partial charge is 0.496 e. The summed E-state index contributed by atoms with van der Waals surface area (Å²) in [5.41, 5.74) is 2.67. The molecule has 2 aromatic carbocycles. The molecule has 142 valence electrons. The zero-order chi connectivity index (χ0) is 19.7. The monoisotopic (exact) mass is 416 g/mol. The Morgan fingerprint density at radius 1 is 1.11 bits per heavy atom. The van der Waals surface area contributed by atoms with Gasteiger partial charge in [0, 0.05) is 28.3 Å². The van der Waals surface area contributed by atoms with E-state index < -0.39 is 0 Å². The first-order valence-corrected chi connectivity index (χ1v) is 9.17. The standard InChI is InChI=1S/C20H15Cl2FN4O/c1-28-18-4-2-3-17(23)15(18)10-24-19-8-7-14(20-26-25-11-27(19)20)13-6-5-12(21)9-16(13)22/h2-9,11,24H,10H2,1H3. The average molecular weight is 417 g/mol. The fraction of sp³-hybridized carbons (Fsp3) is 0.100. The van der Waals surface area contributed by atoms with Gasteiger partial charge >= 0.3 is 0 Å². The number of methoxy groups -OCH3 is 1. The van der Waals surface area contributed by atoms with E-state index in [4.69, 9.17) is 27.9 Å². The van der Waals surface area contributed by atoms with Crippen LogP contribution >= 0.6 is 23.2 Å². The Kier molecular flexibility index (Phi) is 5.07.